The summed E-state index contributed by atoms with van der Waals surface area (Å²) in [7, 11) is 0. The Labute approximate surface area is 199 Å². The predicted octanol–water partition coefficient (Wildman–Crippen LogP) is 5.77. The molecule has 32 heavy (non-hydrogen) atoms. The third-order valence-corrected chi connectivity index (χ3v) is 6.76. The highest BCUT2D eigenvalue weighted by atomic mass is 35.5. The molecule has 0 radical (unpaired) electrons. The van der Waals surface area contributed by atoms with Gasteiger partial charge >= 0.3 is 0 Å². The Balaban J connectivity index is 1.34. The zero-order valence-corrected chi connectivity index (χ0v) is 19.9. The summed E-state index contributed by atoms with van der Waals surface area (Å²) >= 11 is 12.3. The second-order valence-corrected chi connectivity index (χ2v) is 9.33. The number of likely N-dealkylation sites (tertiary alicyclic amines) is 1. The van der Waals surface area contributed by atoms with Crippen LogP contribution in [0.2, 0.25) is 10.0 Å². The molecule has 1 saturated heterocycles. The van der Waals surface area contributed by atoms with Gasteiger partial charge in [0.25, 0.3) is 0 Å². The van der Waals surface area contributed by atoms with Crippen LogP contribution in [0.3, 0.4) is 0 Å². The van der Waals surface area contributed by atoms with Crippen LogP contribution in [0, 0.1) is 0 Å². The van der Waals surface area contributed by atoms with Gasteiger partial charge in [0.2, 0.25) is 5.91 Å². The quantitative estimate of drug-likeness (QED) is 0.456. The summed E-state index contributed by atoms with van der Waals surface area (Å²) in [6, 6.07) is 14.0. The summed E-state index contributed by atoms with van der Waals surface area (Å²) in [4.78, 5) is 14.9. The van der Waals surface area contributed by atoms with Crippen molar-refractivity contribution < 1.29 is 9.53 Å². The molecule has 2 aliphatic heterocycles. The average Bonchev–Trinajstić information content (AvgIpc) is 3.20. The Morgan fingerprint density at radius 1 is 1.12 bits per heavy atom. The normalized spacial score (nSPS) is 19.3. The van der Waals surface area contributed by atoms with Crippen LogP contribution in [0.5, 0.6) is 5.75 Å². The molecule has 2 heterocycles. The molecule has 0 bridgehead atoms. The summed E-state index contributed by atoms with van der Waals surface area (Å²) in [5.41, 5.74) is 2.72. The maximum Gasteiger partial charge on any atom is 0.243 e. The Hall–Kier alpha value is -2.08. The van der Waals surface area contributed by atoms with E-state index >= 15 is 0 Å². The molecule has 170 valence electrons. The lowest BCUT2D eigenvalue weighted by molar-refractivity contribution is -0.132. The molecule has 0 saturated carbocycles. The van der Waals surface area contributed by atoms with E-state index in [0.717, 1.165) is 35.6 Å². The van der Waals surface area contributed by atoms with E-state index in [4.69, 9.17) is 27.9 Å². The molecule has 2 aromatic rings. The van der Waals surface area contributed by atoms with Gasteiger partial charge in [-0.15, -0.1) is 0 Å². The van der Waals surface area contributed by atoms with Crippen LogP contribution < -0.4 is 4.74 Å². The molecule has 0 aromatic heterocycles. The first-order valence-electron chi connectivity index (χ1n) is 11.3. The summed E-state index contributed by atoms with van der Waals surface area (Å²) in [5, 5.41) is 7.21. The number of amides is 1. The number of hydrogen-bond acceptors (Lipinski definition) is 4. The van der Waals surface area contributed by atoms with Crippen LogP contribution in [0.15, 0.2) is 47.6 Å². The summed E-state index contributed by atoms with van der Waals surface area (Å²) in [6.45, 7) is 5.65. The van der Waals surface area contributed by atoms with Crippen LogP contribution in [0.4, 0.5) is 0 Å². The van der Waals surface area contributed by atoms with Crippen LogP contribution in [0.1, 0.15) is 50.2 Å². The van der Waals surface area contributed by atoms with Crippen molar-refractivity contribution in [1.29, 1.82) is 0 Å². The van der Waals surface area contributed by atoms with Gasteiger partial charge in [0, 0.05) is 35.5 Å². The largest absolute Gasteiger partial charge is 0.494 e. The standard InChI is InChI=1S/C25H29Cl2N3O2/c1-18-4-2-13-29(18)14-3-15-32-22-9-6-19(7-10-22)24-11-12-25(31)30(28-24)17-20-5-8-21(26)16-23(20)27/h5-10,16,18H,2-4,11-15,17H2,1H3. The summed E-state index contributed by atoms with van der Waals surface area (Å²) < 4.78 is 5.93. The van der Waals surface area contributed by atoms with Crippen LogP contribution in [-0.2, 0) is 11.3 Å². The number of rotatable bonds is 8. The topological polar surface area (TPSA) is 45.1 Å². The van der Waals surface area contributed by atoms with Gasteiger partial charge in [-0.2, -0.15) is 5.10 Å². The molecule has 0 spiro atoms. The predicted molar refractivity (Wildman–Crippen MR) is 130 cm³/mol. The van der Waals surface area contributed by atoms with Crippen molar-refractivity contribution in [1.82, 2.24) is 9.91 Å². The maximum absolute atomic E-state index is 12.4. The third kappa shape index (κ3) is 5.83. The Morgan fingerprint density at radius 2 is 1.94 bits per heavy atom. The number of ether oxygens (including phenoxy) is 1. The maximum atomic E-state index is 12.4. The molecular formula is C25H29Cl2N3O2. The van der Waals surface area contributed by atoms with Crippen molar-refractivity contribution in [3.05, 3.63) is 63.6 Å². The van der Waals surface area contributed by atoms with E-state index in [1.54, 1.807) is 12.1 Å². The molecule has 5 nitrogen and oxygen atoms in total. The van der Waals surface area contributed by atoms with Crippen molar-refractivity contribution in [2.24, 2.45) is 5.10 Å². The number of carbonyl (C=O) groups is 1. The van der Waals surface area contributed by atoms with Crippen molar-refractivity contribution in [3.63, 3.8) is 0 Å². The minimum Gasteiger partial charge on any atom is -0.494 e. The first kappa shape index (κ1) is 23.1. The van der Waals surface area contributed by atoms with E-state index in [0.29, 0.717) is 42.1 Å². The van der Waals surface area contributed by atoms with Gasteiger partial charge in [-0.05, 0) is 80.3 Å². The molecule has 2 aromatic carbocycles. The van der Waals surface area contributed by atoms with Gasteiger partial charge in [0.15, 0.2) is 0 Å². The van der Waals surface area contributed by atoms with Crippen molar-refractivity contribution in [2.45, 2.75) is 51.6 Å². The Bertz CT molecular complexity index is 978. The number of halogens is 2. The fourth-order valence-electron chi connectivity index (χ4n) is 4.27. The third-order valence-electron chi connectivity index (χ3n) is 6.18. The molecule has 1 fully saturated rings. The van der Waals surface area contributed by atoms with Crippen LogP contribution in [-0.4, -0.2) is 47.3 Å². The van der Waals surface area contributed by atoms with E-state index in [-0.39, 0.29) is 5.91 Å². The molecule has 1 amide bonds. The number of nitrogens with zero attached hydrogens (tertiary/aromatic N) is 3. The first-order chi connectivity index (χ1) is 15.5. The lowest BCUT2D eigenvalue weighted by Gasteiger charge is -2.24. The monoisotopic (exact) mass is 473 g/mol. The van der Waals surface area contributed by atoms with Gasteiger partial charge in [0.05, 0.1) is 18.9 Å². The molecule has 1 atom stereocenters. The second-order valence-electron chi connectivity index (χ2n) is 8.49. The van der Waals surface area contributed by atoms with Crippen molar-refractivity contribution >= 4 is 34.8 Å². The van der Waals surface area contributed by atoms with Crippen LogP contribution >= 0.6 is 23.2 Å². The number of carbonyl (C=O) groups excluding carboxylic acids is 1. The SMILES string of the molecule is CC1CCCN1CCCOc1ccc(C2=NN(Cc3ccc(Cl)cc3Cl)C(=O)CC2)cc1. The minimum absolute atomic E-state index is 0.00737. The number of hydrazone groups is 1. The van der Waals surface area contributed by atoms with E-state index < -0.39 is 0 Å². The van der Waals surface area contributed by atoms with Crippen molar-refractivity contribution in [2.75, 3.05) is 19.7 Å². The highest BCUT2D eigenvalue weighted by Gasteiger charge is 2.22. The lowest BCUT2D eigenvalue weighted by atomic mass is 10.0. The second kappa shape index (κ2) is 10.7. The molecule has 4 rings (SSSR count). The molecule has 1 unspecified atom stereocenters. The number of benzene rings is 2. The fraction of sp³-hybridized carbons (Fsp3) is 0.440. The van der Waals surface area contributed by atoms with Crippen molar-refractivity contribution in [3.8, 4) is 5.75 Å². The fourth-order valence-corrected chi connectivity index (χ4v) is 4.74. The molecular weight excluding hydrogens is 445 g/mol. The smallest absolute Gasteiger partial charge is 0.243 e. The zero-order valence-electron chi connectivity index (χ0n) is 18.4. The van der Waals surface area contributed by atoms with E-state index in [2.05, 4.69) is 16.9 Å². The average molecular weight is 474 g/mol. The van der Waals surface area contributed by atoms with E-state index in [1.807, 2.05) is 30.3 Å². The molecule has 0 aliphatic carbocycles. The summed E-state index contributed by atoms with van der Waals surface area (Å²) in [6.07, 6.45) is 4.70. The number of hydrogen-bond donors (Lipinski definition) is 0. The van der Waals surface area contributed by atoms with Gasteiger partial charge in [-0.25, -0.2) is 5.01 Å². The van der Waals surface area contributed by atoms with Crippen LogP contribution in [0.25, 0.3) is 0 Å². The highest BCUT2D eigenvalue weighted by molar-refractivity contribution is 6.35. The van der Waals surface area contributed by atoms with Gasteiger partial charge < -0.3 is 9.64 Å². The summed E-state index contributed by atoms with van der Waals surface area (Å²) in [5.74, 6) is 0.854. The lowest BCUT2D eigenvalue weighted by Crippen LogP contribution is -2.31. The van der Waals surface area contributed by atoms with E-state index in [1.165, 1.54) is 24.4 Å². The highest BCUT2D eigenvalue weighted by Crippen LogP contribution is 2.25. The van der Waals surface area contributed by atoms with Gasteiger partial charge in [-0.1, -0.05) is 29.3 Å². The van der Waals surface area contributed by atoms with E-state index in [9.17, 15) is 4.79 Å². The van der Waals surface area contributed by atoms with Gasteiger partial charge in [-0.3, -0.25) is 4.79 Å². The van der Waals surface area contributed by atoms with Gasteiger partial charge in [0.1, 0.15) is 5.75 Å². The Kier molecular flexibility index (Phi) is 7.71. The minimum atomic E-state index is -0.00737. The first-order valence-corrected chi connectivity index (χ1v) is 12.0. The zero-order chi connectivity index (χ0) is 22.5. The molecule has 0 N–H and O–H groups in total. The molecule has 2 aliphatic rings. The molecule has 7 heteroatoms. The Morgan fingerprint density at radius 3 is 2.66 bits per heavy atom.